The molecule has 0 unspecified atom stereocenters. The van der Waals surface area contributed by atoms with Crippen molar-refractivity contribution in [1.29, 1.82) is 0 Å². The molecule has 0 radical (unpaired) electrons. The summed E-state index contributed by atoms with van der Waals surface area (Å²) in [4.78, 5) is 0. The number of hydrogen-bond donors (Lipinski definition) is 0. The van der Waals surface area contributed by atoms with Gasteiger partial charge in [0.15, 0.2) is 0 Å². The van der Waals surface area contributed by atoms with Gasteiger partial charge in [-0.1, -0.05) is 13.8 Å². The van der Waals surface area contributed by atoms with Gasteiger partial charge in [-0.2, -0.15) is 0 Å². The second kappa shape index (κ2) is 4.69. The first-order chi connectivity index (χ1) is 6.99. The predicted molar refractivity (Wildman–Crippen MR) is 62.2 cm³/mol. The molecule has 0 N–H and O–H groups in total. The van der Waals surface area contributed by atoms with E-state index >= 15 is 0 Å². The normalized spacial score (nSPS) is 13.9. The Labute approximate surface area is 92.4 Å². The summed E-state index contributed by atoms with van der Waals surface area (Å²) in [5.74, 6) is 0.728. The molecule has 1 atom stereocenters. The lowest BCUT2D eigenvalue weighted by molar-refractivity contribution is 0.200. The van der Waals surface area contributed by atoms with Crippen molar-refractivity contribution in [1.82, 2.24) is 9.78 Å². The van der Waals surface area contributed by atoms with Gasteiger partial charge in [-0.05, 0) is 33.6 Å². The first-order valence-electron chi connectivity index (χ1n) is 5.72. The van der Waals surface area contributed by atoms with E-state index in [2.05, 4.69) is 39.7 Å². The number of hydrogen-bond acceptors (Lipinski definition) is 2. The molecular weight excluding hydrogens is 188 g/mol. The molecule has 0 aliphatic carbocycles. The first kappa shape index (κ1) is 12.1. The van der Waals surface area contributed by atoms with Gasteiger partial charge in [-0.3, -0.25) is 4.68 Å². The van der Waals surface area contributed by atoms with E-state index in [1.54, 1.807) is 0 Å². The smallest absolute Gasteiger partial charge is 0.232 e. The van der Waals surface area contributed by atoms with Crippen molar-refractivity contribution in [3.8, 4) is 5.88 Å². The molecule has 0 aliphatic heterocycles. The lowest BCUT2D eigenvalue weighted by Crippen LogP contribution is -2.25. The van der Waals surface area contributed by atoms with Gasteiger partial charge < -0.3 is 4.74 Å². The van der Waals surface area contributed by atoms with Gasteiger partial charge in [0.05, 0.1) is 11.6 Å². The Balaban J connectivity index is 2.72. The van der Waals surface area contributed by atoms with E-state index in [4.69, 9.17) is 4.74 Å². The van der Waals surface area contributed by atoms with Crippen LogP contribution in [-0.2, 0) is 5.54 Å². The van der Waals surface area contributed by atoms with Crippen molar-refractivity contribution >= 4 is 0 Å². The fraction of sp³-hybridized carbons (Fsp3) is 0.750. The van der Waals surface area contributed by atoms with Gasteiger partial charge in [-0.15, -0.1) is 5.10 Å². The molecule has 0 fully saturated rings. The highest BCUT2D eigenvalue weighted by Crippen LogP contribution is 2.20. The molecule has 15 heavy (non-hydrogen) atoms. The maximum absolute atomic E-state index is 5.65. The van der Waals surface area contributed by atoms with Crippen LogP contribution in [0, 0.1) is 0 Å². The largest absolute Gasteiger partial charge is 0.474 e. The van der Waals surface area contributed by atoms with Crippen molar-refractivity contribution in [2.45, 2.75) is 59.1 Å². The van der Waals surface area contributed by atoms with E-state index in [0.29, 0.717) is 0 Å². The molecule has 0 saturated heterocycles. The maximum atomic E-state index is 5.65. The van der Waals surface area contributed by atoms with E-state index in [-0.39, 0.29) is 11.6 Å². The Kier molecular flexibility index (Phi) is 3.77. The van der Waals surface area contributed by atoms with Gasteiger partial charge >= 0.3 is 0 Å². The van der Waals surface area contributed by atoms with Gasteiger partial charge in [-0.25, -0.2) is 0 Å². The van der Waals surface area contributed by atoms with E-state index in [1.165, 1.54) is 0 Å². The van der Waals surface area contributed by atoms with Crippen LogP contribution in [0.5, 0.6) is 5.88 Å². The maximum Gasteiger partial charge on any atom is 0.232 e. The van der Waals surface area contributed by atoms with Crippen LogP contribution in [-0.4, -0.2) is 15.9 Å². The minimum atomic E-state index is 0.0665. The summed E-state index contributed by atoms with van der Waals surface area (Å²) < 4.78 is 7.63. The molecular formula is C12H22N2O. The molecule has 0 saturated carbocycles. The molecule has 0 spiro atoms. The topological polar surface area (TPSA) is 27.1 Å². The lowest BCUT2D eigenvalue weighted by Gasteiger charge is -2.23. The SMILES string of the molecule is CC[C@@H](C)Oc1ccn(C(C)(C)CC)n1. The van der Waals surface area contributed by atoms with Crippen molar-refractivity contribution in [3.63, 3.8) is 0 Å². The van der Waals surface area contributed by atoms with Crippen LogP contribution in [0.2, 0.25) is 0 Å². The van der Waals surface area contributed by atoms with Crippen LogP contribution in [0.25, 0.3) is 0 Å². The van der Waals surface area contributed by atoms with Crippen LogP contribution in [0.3, 0.4) is 0 Å². The predicted octanol–water partition coefficient (Wildman–Crippen LogP) is 3.21. The zero-order chi connectivity index (χ0) is 11.5. The molecule has 0 bridgehead atoms. The Morgan fingerprint density at radius 1 is 1.47 bits per heavy atom. The summed E-state index contributed by atoms with van der Waals surface area (Å²) in [6.07, 6.45) is 4.28. The van der Waals surface area contributed by atoms with E-state index in [0.717, 1.165) is 18.7 Å². The third-order valence-corrected chi connectivity index (χ3v) is 2.95. The fourth-order valence-electron chi connectivity index (χ4n) is 1.16. The summed E-state index contributed by atoms with van der Waals surface area (Å²) in [7, 11) is 0. The Morgan fingerprint density at radius 2 is 2.13 bits per heavy atom. The van der Waals surface area contributed by atoms with Crippen LogP contribution in [0.1, 0.15) is 47.5 Å². The van der Waals surface area contributed by atoms with Crippen molar-refractivity contribution < 1.29 is 4.74 Å². The number of nitrogens with zero attached hydrogens (tertiary/aromatic N) is 2. The van der Waals surface area contributed by atoms with Crippen LogP contribution >= 0.6 is 0 Å². The first-order valence-corrected chi connectivity index (χ1v) is 5.72. The van der Waals surface area contributed by atoms with Crippen molar-refractivity contribution in [2.24, 2.45) is 0 Å². The molecule has 0 amide bonds. The third kappa shape index (κ3) is 2.98. The van der Waals surface area contributed by atoms with Crippen LogP contribution in [0.15, 0.2) is 12.3 Å². The van der Waals surface area contributed by atoms with Crippen LogP contribution < -0.4 is 4.74 Å². The quantitative estimate of drug-likeness (QED) is 0.746. The van der Waals surface area contributed by atoms with Gasteiger partial charge in [0.25, 0.3) is 0 Å². The molecule has 1 heterocycles. The fourth-order valence-corrected chi connectivity index (χ4v) is 1.16. The molecule has 1 aromatic rings. The molecule has 3 heteroatoms. The Bertz CT molecular complexity index is 304. The second-order valence-electron chi connectivity index (χ2n) is 4.60. The zero-order valence-electron chi connectivity index (χ0n) is 10.4. The van der Waals surface area contributed by atoms with Crippen LogP contribution in [0.4, 0.5) is 0 Å². The van der Waals surface area contributed by atoms with Gasteiger partial charge in [0.1, 0.15) is 0 Å². The molecule has 1 rings (SSSR count). The number of aromatic nitrogens is 2. The Morgan fingerprint density at radius 3 is 2.67 bits per heavy atom. The highest BCUT2D eigenvalue weighted by molar-refractivity contribution is 5.07. The molecule has 0 aromatic carbocycles. The molecule has 0 aliphatic rings. The Hall–Kier alpha value is -0.990. The molecule has 1 aromatic heterocycles. The summed E-state index contributed by atoms with van der Waals surface area (Å²) in [6, 6.07) is 1.93. The van der Waals surface area contributed by atoms with Gasteiger partial charge in [0.2, 0.25) is 5.88 Å². The second-order valence-corrected chi connectivity index (χ2v) is 4.60. The van der Waals surface area contributed by atoms with Crippen molar-refractivity contribution in [2.75, 3.05) is 0 Å². The van der Waals surface area contributed by atoms with Gasteiger partial charge in [0, 0.05) is 12.3 Å². The zero-order valence-corrected chi connectivity index (χ0v) is 10.4. The van der Waals surface area contributed by atoms with E-state index < -0.39 is 0 Å². The van der Waals surface area contributed by atoms with Crippen molar-refractivity contribution in [3.05, 3.63) is 12.3 Å². The number of rotatable bonds is 5. The number of ether oxygens (including phenoxy) is 1. The summed E-state index contributed by atoms with van der Waals surface area (Å²) in [6.45, 7) is 10.7. The lowest BCUT2D eigenvalue weighted by atomic mass is 10.0. The highest BCUT2D eigenvalue weighted by Gasteiger charge is 2.19. The minimum absolute atomic E-state index is 0.0665. The third-order valence-electron chi connectivity index (χ3n) is 2.95. The molecule has 3 nitrogen and oxygen atoms in total. The van der Waals surface area contributed by atoms with E-state index in [1.807, 2.05) is 16.9 Å². The molecule has 86 valence electrons. The van der Waals surface area contributed by atoms with E-state index in [9.17, 15) is 0 Å². The average Bonchev–Trinajstić information content (AvgIpc) is 2.66. The summed E-state index contributed by atoms with van der Waals surface area (Å²) in [5.41, 5.74) is 0.0665. The monoisotopic (exact) mass is 210 g/mol. The highest BCUT2D eigenvalue weighted by atomic mass is 16.5. The summed E-state index contributed by atoms with van der Waals surface area (Å²) in [5, 5.41) is 4.44. The average molecular weight is 210 g/mol. The summed E-state index contributed by atoms with van der Waals surface area (Å²) >= 11 is 0. The standard InChI is InChI=1S/C12H22N2O/c1-6-10(3)15-11-8-9-14(13-11)12(4,5)7-2/h8-10H,6-7H2,1-5H3/t10-/m1/s1. The minimum Gasteiger partial charge on any atom is -0.474 e.